The third-order valence-electron chi connectivity index (χ3n) is 2.49. The molecule has 2 rings (SSSR count). The summed E-state index contributed by atoms with van der Waals surface area (Å²) in [5.41, 5.74) is 5.38. The van der Waals surface area contributed by atoms with E-state index in [9.17, 15) is 4.79 Å². The Kier molecular flexibility index (Phi) is 2.89. The summed E-state index contributed by atoms with van der Waals surface area (Å²) in [5.74, 6) is 0.224. The van der Waals surface area contributed by atoms with Crippen molar-refractivity contribution in [2.24, 2.45) is 0 Å². The minimum atomic E-state index is 0.0345. The van der Waals surface area contributed by atoms with E-state index in [0.717, 1.165) is 12.8 Å². The molecular weight excluding hydrogens is 206 g/mol. The second-order valence-corrected chi connectivity index (χ2v) is 3.87. The lowest BCUT2D eigenvalue weighted by Crippen LogP contribution is -2.35. The maximum absolute atomic E-state index is 11.9. The minimum Gasteiger partial charge on any atom is -0.367 e. The van der Waals surface area contributed by atoms with Crippen LogP contribution in [0.5, 0.6) is 0 Å². The second-order valence-electron chi connectivity index (χ2n) is 3.87. The third-order valence-corrected chi connectivity index (χ3v) is 2.49. The molecule has 0 spiro atoms. The first-order chi connectivity index (χ1) is 7.70. The highest BCUT2D eigenvalue weighted by Gasteiger charge is 2.31. The van der Waals surface area contributed by atoms with Gasteiger partial charge in [0.25, 0.3) is 0 Å². The van der Waals surface area contributed by atoms with Crippen LogP contribution in [0.2, 0.25) is 0 Å². The maximum Gasteiger partial charge on any atom is 0.244 e. The average molecular weight is 221 g/mol. The summed E-state index contributed by atoms with van der Waals surface area (Å²) in [6.07, 6.45) is 5.37. The molecule has 0 atom stereocenters. The molecule has 1 heterocycles. The second kappa shape index (κ2) is 4.34. The van der Waals surface area contributed by atoms with Gasteiger partial charge in [0.05, 0.1) is 0 Å². The zero-order valence-electron chi connectivity index (χ0n) is 9.04. The van der Waals surface area contributed by atoms with Crippen LogP contribution in [0, 0.1) is 0 Å². The van der Waals surface area contributed by atoms with E-state index in [4.69, 9.17) is 5.73 Å². The van der Waals surface area contributed by atoms with Crippen LogP contribution in [0.25, 0.3) is 0 Å². The Morgan fingerprint density at radius 1 is 1.75 bits per heavy atom. The quantitative estimate of drug-likeness (QED) is 0.712. The topological polar surface area (TPSA) is 77.0 Å². The first kappa shape index (κ1) is 10.7. The predicted molar refractivity (Wildman–Crippen MR) is 59.4 cm³/mol. The van der Waals surface area contributed by atoms with Crippen LogP contribution < -0.4 is 5.73 Å². The Labute approximate surface area is 93.7 Å². The summed E-state index contributed by atoms with van der Waals surface area (Å²) >= 11 is 0. The van der Waals surface area contributed by atoms with Crippen molar-refractivity contribution in [1.29, 1.82) is 0 Å². The van der Waals surface area contributed by atoms with E-state index in [1.807, 2.05) is 4.90 Å². The number of carbonyl (C=O) groups is 1. The highest BCUT2D eigenvalue weighted by molar-refractivity contribution is 5.76. The van der Waals surface area contributed by atoms with Crippen LogP contribution in [0.15, 0.2) is 19.0 Å². The van der Waals surface area contributed by atoms with E-state index < -0.39 is 0 Å². The SMILES string of the molecule is C=CCN(C(=O)Cn1cnc(N)n1)C1CC1. The molecule has 0 bridgehead atoms. The molecule has 0 unspecified atom stereocenters. The minimum absolute atomic E-state index is 0.0345. The fraction of sp³-hybridized carbons (Fsp3) is 0.500. The standard InChI is InChI=1S/C10H15N5O/c1-2-5-15(8-3-4-8)9(16)6-14-7-12-10(11)13-14/h2,7-8H,1,3-6H2,(H2,11,13). The van der Waals surface area contributed by atoms with E-state index in [1.165, 1.54) is 11.0 Å². The van der Waals surface area contributed by atoms with Crippen LogP contribution in [-0.4, -0.2) is 38.2 Å². The molecule has 1 fully saturated rings. The molecule has 2 N–H and O–H groups in total. The van der Waals surface area contributed by atoms with Crippen molar-refractivity contribution in [2.75, 3.05) is 12.3 Å². The number of hydrogen-bond acceptors (Lipinski definition) is 4. The van der Waals surface area contributed by atoms with Crippen molar-refractivity contribution in [3.63, 3.8) is 0 Å². The molecule has 1 aromatic heterocycles. The lowest BCUT2D eigenvalue weighted by Gasteiger charge is -2.20. The van der Waals surface area contributed by atoms with Gasteiger partial charge in [0.1, 0.15) is 12.9 Å². The molecule has 0 saturated heterocycles. The number of anilines is 1. The Morgan fingerprint density at radius 2 is 2.50 bits per heavy atom. The van der Waals surface area contributed by atoms with Gasteiger partial charge >= 0.3 is 0 Å². The number of carbonyl (C=O) groups excluding carboxylic acids is 1. The number of nitrogens with two attached hydrogens (primary N) is 1. The molecule has 0 radical (unpaired) electrons. The van der Waals surface area contributed by atoms with E-state index in [2.05, 4.69) is 16.7 Å². The summed E-state index contributed by atoms with van der Waals surface area (Å²) in [5, 5.41) is 3.88. The van der Waals surface area contributed by atoms with E-state index in [-0.39, 0.29) is 18.4 Å². The van der Waals surface area contributed by atoms with Crippen LogP contribution in [-0.2, 0) is 11.3 Å². The summed E-state index contributed by atoms with van der Waals surface area (Å²) in [7, 11) is 0. The van der Waals surface area contributed by atoms with Crippen molar-refractivity contribution in [2.45, 2.75) is 25.4 Å². The van der Waals surface area contributed by atoms with Gasteiger partial charge in [-0.15, -0.1) is 11.7 Å². The molecule has 1 aliphatic rings. The molecule has 6 nitrogen and oxygen atoms in total. The van der Waals surface area contributed by atoms with Crippen LogP contribution in [0.3, 0.4) is 0 Å². The highest BCUT2D eigenvalue weighted by atomic mass is 16.2. The molecule has 16 heavy (non-hydrogen) atoms. The molecule has 0 aliphatic heterocycles. The molecular formula is C10H15N5O. The lowest BCUT2D eigenvalue weighted by atomic mass is 10.4. The Morgan fingerprint density at radius 3 is 3.00 bits per heavy atom. The smallest absolute Gasteiger partial charge is 0.244 e. The molecule has 86 valence electrons. The van der Waals surface area contributed by atoms with Crippen molar-refractivity contribution in [3.05, 3.63) is 19.0 Å². The van der Waals surface area contributed by atoms with Crippen molar-refractivity contribution in [1.82, 2.24) is 19.7 Å². The Balaban J connectivity index is 1.97. The molecule has 1 aliphatic carbocycles. The molecule has 0 aromatic carbocycles. The summed E-state index contributed by atoms with van der Waals surface area (Å²) in [6.45, 7) is 4.44. The molecule has 1 amide bonds. The monoisotopic (exact) mass is 221 g/mol. The summed E-state index contributed by atoms with van der Waals surface area (Å²) < 4.78 is 1.45. The average Bonchev–Trinajstić information content (AvgIpc) is 3.00. The van der Waals surface area contributed by atoms with E-state index in [0.29, 0.717) is 12.6 Å². The lowest BCUT2D eigenvalue weighted by molar-refractivity contribution is -0.132. The normalized spacial score (nSPS) is 14.8. The van der Waals surface area contributed by atoms with Gasteiger partial charge in [-0.05, 0) is 12.8 Å². The third kappa shape index (κ3) is 2.39. The Hall–Kier alpha value is -1.85. The van der Waals surface area contributed by atoms with Crippen LogP contribution >= 0.6 is 0 Å². The predicted octanol–water partition coefficient (Wildman–Crippen LogP) is 0.0373. The van der Waals surface area contributed by atoms with Crippen LogP contribution in [0.1, 0.15) is 12.8 Å². The highest BCUT2D eigenvalue weighted by Crippen LogP contribution is 2.26. The van der Waals surface area contributed by atoms with Crippen molar-refractivity contribution in [3.8, 4) is 0 Å². The molecule has 1 aromatic rings. The maximum atomic E-state index is 11.9. The van der Waals surface area contributed by atoms with Gasteiger partial charge in [0.15, 0.2) is 0 Å². The zero-order chi connectivity index (χ0) is 11.5. The fourth-order valence-electron chi connectivity index (χ4n) is 1.59. The number of aromatic nitrogens is 3. The number of nitrogen functional groups attached to an aromatic ring is 1. The van der Waals surface area contributed by atoms with Crippen LogP contribution in [0.4, 0.5) is 5.95 Å². The van der Waals surface area contributed by atoms with Gasteiger partial charge in [0, 0.05) is 12.6 Å². The largest absolute Gasteiger partial charge is 0.367 e. The van der Waals surface area contributed by atoms with Gasteiger partial charge in [-0.25, -0.2) is 9.67 Å². The van der Waals surface area contributed by atoms with Crippen molar-refractivity contribution >= 4 is 11.9 Å². The molecule has 6 heteroatoms. The number of rotatable bonds is 5. The zero-order valence-corrected chi connectivity index (χ0v) is 9.04. The van der Waals surface area contributed by atoms with Crippen molar-refractivity contribution < 1.29 is 4.79 Å². The number of amides is 1. The molecule has 1 saturated carbocycles. The van der Waals surface area contributed by atoms with E-state index >= 15 is 0 Å². The van der Waals surface area contributed by atoms with Gasteiger partial charge < -0.3 is 10.6 Å². The fourth-order valence-corrected chi connectivity index (χ4v) is 1.59. The number of hydrogen-bond donors (Lipinski definition) is 1. The first-order valence-electron chi connectivity index (χ1n) is 5.26. The first-order valence-corrected chi connectivity index (χ1v) is 5.26. The van der Waals surface area contributed by atoms with Gasteiger partial charge in [-0.3, -0.25) is 4.79 Å². The van der Waals surface area contributed by atoms with Gasteiger partial charge in [-0.2, -0.15) is 0 Å². The summed E-state index contributed by atoms with van der Waals surface area (Å²) in [4.78, 5) is 17.5. The summed E-state index contributed by atoms with van der Waals surface area (Å²) in [6, 6.07) is 0.381. The van der Waals surface area contributed by atoms with Gasteiger partial charge in [-0.1, -0.05) is 6.08 Å². The van der Waals surface area contributed by atoms with Gasteiger partial charge in [0.2, 0.25) is 11.9 Å². The Bertz CT molecular complexity index is 396. The number of nitrogens with zero attached hydrogens (tertiary/aromatic N) is 4. The van der Waals surface area contributed by atoms with E-state index in [1.54, 1.807) is 6.08 Å².